The molecule has 0 N–H and O–H groups in total. The maximum Gasteiger partial charge on any atom is 0.311 e. The van der Waals surface area contributed by atoms with Gasteiger partial charge in [0.05, 0.1) is 12.5 Å². The number of esters is 1. The molecule has 0 amide bonds. The van der Waals surface area contributed by atoms with Crippen LogP contribution < -0.4 is 0 Å². The zero-order valence-electron chi connectivity index (χ0n) is 14.0. The summed E-state index contributed by atoms with van der Waals surface area (Å²) in [5.74, 6) is 1.38. The van der Waals surface area contributed by atoms with Crippen molar-refractivity contribution in [1.82, 2.24) is 4.90 Å². The number of likely N-dealkylation sites (tertiary alicyclic amines) is 1. The van der Waals surface area contributed by atoms with Crippen molar-refractivity contribution >= 4 is 5.97 Å². The van der Waals surface area contributed by atoms with Crippen molar-refractivity contribution in [3.05, 3.63) is 0 Å². The van der Waals surface area contributed by atoms with Crippen molar-refractivity contribution in [3.8, 4) is 0 Å². The molecule has 0 radical (unpaired) electrons. The first-order valence-corrected chi connectivity index (χ1v) is 8.03. The third-order valence-corrected chi connectivity index (χ3v) is 6.47. The summed E-state index contributed by atoms with van der Waals surface area (Å²) in [4.78, 5) is 14.6. The van der Waals surface area contributed by atoms with Gasteiger partial charge in [0, 0.05) is 19.1 Å². The third-order valence-electron chi connectivity index (χ3n) is 6.47. The van der Waals surface area contributed by atoms with Crippen LogP contribution in [-0.4, -0.2) is 37.1 Å². The zero-order valence-corrected chi connectivity index (χ0v) is 14.0. The van der Waals surface area contributed by atoms with Crippen LogP contribution >= 0.6 is 0 Å². The number of rotatable bonds is 2. The molecular formula is C17H31NO2. The summed E-state index contributed by atoms with van der Waals surface area (Å²) < 4.78 is 4.99. The smallest absolute Gasteiger partial charge is 0.311 e. The van der Waals surface area contributed by atoms with Gasteiger partial charge in [0.25, 0.3) is 0 Å². The van der Waals surface area contributed by atoms with Crippen LogP contribution in [0.25, 0.3) is 0 Å². The molecule has 116 valence electrons. The van der Waals surface area contributed by atoms with Gasteiger partial charge in [-0.05, 0) is 43.4 Å². The zero-order chi connectivity index (χ0) is 15.1. The van der Waals surface area contributed by atoms with Gasteiger partial charge in [0.2, 0.25) is 0 Å². The fourth-order valence-electron chi connectivity index (χ4n) is 3.99. The molecule has 1 saturated carbocycles. The molecule has 1 heterocycles. The molecule has 0 aromatic heterocycles. The van der Waals surface area contributed by atoms with E-state index in [1.165, 1.54) is 20.2 Å². The fourth-order valence-corrected chi connectivity index (χ4v) is 3.99. The number of nitrogens with zero attached hydrogens (tertiary/aromatic N) is 1. The number of hydrogen-bond donors (Lipinski definition) is 0. The highest BCUT2D eigenvalue weighted by Crippen LogP contribution is 2.45. The van der Waals surface area contributed by atoms with Crippen LogP contribution in [0.5, 0.6) is 0 Å². The second-order valence-corrected chi connectivity index (χ2v) is 8.03. The number of piperidine rings is 1. The molecule has 3 heteroatoms. The quantitative estimate of drug-likeness (QED) is 0.727. The average Bonchev–Trinajstić information content (AvgIpc) is 2.79. The maximum absolute atomic E-state index is 12.0. The molecule has 3 nitrogen and oxygen atoms in total. The van der Waals surface area contributed by atoms with Crippen LogP contribution in [0.3, 0.4) is 0 Å². The van der Waals surface area contributed by atoms with E-state index in [0.29, 0.717) is 23.3 Å². The Morgan fingerprint density at radius 3 is 2.20 bits per heavy atom. The van der Waals surface area contributed by atoms with Gasteiger partial charge < -0.3 is 4.74 Å². The first kappa shape index (κ1) is 15.8. The molecule has 20 heavy (non-hydrogen) atoms. The highest BCUT2D eigenvalue weighted by atomic mass is 16.5. The Morgan fingerprint density at radius 2 is 1.70 bits per heavy atom. The van der Waals surface area contributed by atoms with E-state index in [9.17, 15) is 4.79 Å². The Hall–Kier alpha value is -0.570. The summed E-state index contributed by atoms with van der Waals surface area (Å²) in [6, 6.07) is 0.556. The van der Waals surface area contributed by atoms with E-state index >= 15 is 0 Å². The summed E-state index contributed by atoms with van der Waals surface area (Å²) in [5.41, 5.74) is 0.152. The molecular weight excluding hydrogens is 250 g/mol. The van der Waals surface area contributed by atoms with E-state index < -0.39 is 0 Å². The maximum atomic E-state index is 12.0. The standard InChI is InChI=1S/C17H31NO2/c1-12-10-18(11-13(2)16(12,3)4)14-7-8-17(5,9-14)15(19)20-6/h12-14H,7-11H2,1-6H3/t12?,13?,14-,17+/m1/s1. The van der Waals surface area contributed by atoms with Crippen LogP contribution in [0, 0.1) is 22.7 Å². The van der Waals surface area contributed by atoms with Gasteiger partial charge in [-0.25, -0.2) is 0 Å². The Kier molecular flexibility index (Phi) is 4.21. The van der Waals surface area contributed by atoms with E-state index in [1.54, 1.807) is 0 Å². The van der Waals surface area contributed by atoms with Crippen molar-refractivity contribution in [2.24, 2.45) is 22.7 Å². The topological polar surface area (TPSA) is 29.5 Å². The van der Waals surface area contributed by atoms with E-state index in [2.05, 4.69) is 39.5 Å². The van der Waals surface area contributed by atoms with E-state index in [0.717, 1.165) is 19.3 Å². The van der Waals surface area contributed by atoms with Gasteiger partial charge >= 0.3 is 5.97 Å². The summed E-state index contributed by atoms with van der Waals surface area (Å²) in [6.45, 7) is 13.9. The predicted octanol–water partition coefficient (Wildman–Crippen LogP) is 3.33. The van der Waals surface area contributed by atoms with Gasteiger partial charge in [-0.3, -0.25) is 9.69 Å². The molecule has 0 bridgehead atoms. The molecule has 1 aliphatic carbocycles. The van der Waals surface area contributed by atoms with E-state index in [4.69, 9.17) is 4.74 Å². The van der Waals surface area contributed by atoms with Crippen LogP contribution in [0.2, 0.25) is 0 Å². The monoisotopic (exact) mass is 281 g/mol. The summed E-state index contributed by atoms with van der Waals surface area (Å²) in [6.07, 6.45) is 3.05. The molecule has 2 rings (SSSR count). The SMILES string of the molecule is COC(=O)[C@@]1(C)CC[C@@H](N2CC(C)C(C)(C)C(C)C2)C1. The molecule has 1 saturated heterocycles. The molecule has 2 aliphatic rings. The predicted molar refractivity (Wildman–Crippen MR) is 81.4 cm³/mol. The lowest BCUT2D eigenvalue weighted by Crippen LogP contribution is -2.52. The second-order valence-electron chi connectivity index (χ2n) is 8.03. The first-order chi connectivity index (χ1) is 9.20. The second kappa shape index (κ2) is 5.32. The number of hydrogen-bond acceptors (Lipinski definition) is 3. The largest absolute Gasteiger partial charge is 0.469 e. The van der Waals surface area contributed by atoms with E-state index in [1.807, 2.05) is 0 Å². The molecule has 4 atom stereocenters. The van der Waals surface area contributed by atoms with Gasteiger partial charge in [0.1, 0.15) is 0 Å². The van der Waals surface area contributed by atoms with Gasteiger partial charge in [-0.15, -0.1) is 0 Å². The van der Waals surface area contributed by atoms with Gasteiger partial charge in [0.15, 0.2) is 0 Å². The number of carbonyl (C=O) groups is 1. The van der Waals surface area contributed by atoms with Crippen LogP contribution in [0.1, 0.15) is 53.9 Å². The summed E-state index contributed by atoms with van der Waals surface area (Å²) in [7, 11) is 1.51. The normalized spacial score (nSPS) is 41.6. The van der Waals surface area contributed by atoms with Crippen molar-refractivity contribution < 1.29 is 9.53 Å². The number of ether oxygens (including phenoxy) is 1. The molecule has 2 unspecified atom stereocenters. The van der Waals surface area contributed by atoms with Gasteiger partial charge in [-0.1, -0.05) is 27.7 Å². The average molecular weight is 281 g/mol. The minimum atomic E-state index is -0.265. The molecule has 2 fully saturated rings. The Balaban J connectivity index is 2.03. The van der Waals surface area contributed by atoms with E-state index in [-0.39, 0.29) is 11.4 Å². The van der Waals surface area contributed by atoms with Crippen molar-refractivity contribution in [3.63, 3.8) is 0 Å². The molecule has 1 aliphatic heterocycles. The number of methoxy groups -OCH3 is 1. The molecule has 0 aromatic rings. The minimum Gasteiger partial charge on any atom is -0.469 e. The third kappa shape index (κ3) is 2.61. The Bertz CT molecular complexity index is 365. The van der Waals surface area contributed by atoms with Crippen LogP contribution in [0.4, 0.5) is 0 Å². The summed E-state index contributed by atoms with van der Waals surface area (Å²) >= 11 is 0. The van der Waals surface area contributed by atoms with Crippen LogP contribution in [-0.2, 0) is 9.53 Å². The van der Waals surface area contributed by atoms with Crippen LogP contribution in [0.15, 0.2) is 0 Å². The highest BCUT2D eigenvalue weighted by molar-refractivity contribution is 5.76. The van der Waals surface area contributed by atoms with Crippen molar-refractivity contribution in [2.75, 3.05) is 20.2 Å². The Labute approximate surface area is 124 Å². The molecule has 0 spiro atoms. The fraction of sp³-hybridized carbons (Fsp3) is 0.941. The number of carbonyl (C=O) groups excluding carboxylic acids is 1. The highest BCUT2D eigenvalue weighted by Gasteiger charge is 2.47. The first-order valence-electron chi connectivity index (χ1n) is 8.03. The Morgan fingerprint density at radius 1 is 1.15 bits per heavy atom. The van der Waals surface area contributed by atoms with Gasteiger partial charge in [-0.2, -0.15) is 0 Å². The lowest BCUT2D eigenvalue weighted by atomic mass is 9.67. The lowest BCUT2D eigenvalue weighted by Gasteiger charge is -2.49. The molecule has 0 aromatic carbocycles. The minimum absolute atomic E-state index is 0.0292. The lowest BCUT2D eigenvalue weighted by molar-refractivity contribution is -0.151. The van der Waals surface area contributed by atoms with Crippen molar-refractivity contribution in [2.45, 2.75) is 59.9 Å². The summed E-state index contributed by atoms with van der Waals surface area (Å²) in [5, 5.41) is 0. The van der Waals surface area contributed by atoms with Crippen molar-refractivity contribution in [1.29, 1.82) is 0 Å².